The third-order valence-corrected chi connectivity index (χ3v) is 8.52. The van der Waals surface area contributed by atoms with Crippen molar-refractivity contribution in [1.29, 1.82) is 0 Å². The second-order valence-electron chi connectivity index (χ2n) is 9.38. The quantitative estimate of drug-likeness (QED) is 0.143. The molecule has 6 heterocycles. The van der Waals surface area contributed by atoms with Crippen LogP contribution < -0.4 is 11.5 Å². The van der Waals surface area contributed by atoms with Crippen LogP contribution in [-0.2, 0) is 35.1 Å². The van der Waals surface area contributed by atoms with Crippen LogP contribution in [0.15, 0.2) is 25.3 Å². The highest BCUT2D eigenvalue weighted by Crippen LogP contribution is 2.50. The Morgan fingerprint density at radius 2 is 1.61 bits per heavy atom. The minimum atomic E-state index is -3.96. The normalized spacial score (nSPS) is 29.9. The molecule has 2 saturated heterocycles. The van der Waals surface area contributed by atoms with E-state index in [4.69, 9.17) is 46.5 Å². The maximum absolute atomic E-state index is 10.9. The minimum Gasteiger partial charge on any atom is -0.394 e. The van der Waals surface area contributed by atoms with E-state index in [2.05, 4.69) is 29.9 Å². The Labute approximate surface area is 236 Å². The fraction of sp³-hybridized carbons (Fsp3) is 0.524. The van der Waals surface area contributed by atoms with E-state index in [0.29, 0.717) is 22.3 Å². The van der Waals surface area contributed by atoms with Crippen LogP contribution in [0.25, 0.3) is 22.3 Å². The molecule has 8 atom stereocenters. The van der Waals surface area contributed by atoms with Gasteiger partial charge in [0.2, 0.25) is 0 Å². The van der Waals surface area contributed by atoms with Crippen molar-refractivity contribution in [1.82, 2.24) is 39.0 Å². The van der Waals surface area contributed by atoms with E-state index < -0.39 is 56.3 Å². The number of methoxy groups -OCH3 is 1. The number of hydrogen-bond donors (Lipinski definition) is 5. The summed E-state index contributed by atoms with van der Waals surface area (Å²) in [5, 5.41) is 20.6. The second kappa shape index (κ2) is 11.0. The molecule has 0 aromatic carbocycles. The molecule has 0 spiro atoms. The van der Waals surface area contributed by atoms with Gasteiger partial charge in [-0.25, -0.2) is 29.9 Å². The first-order valence-corrected chi connectivity index (χ1v) is 14.9. The Kier molecular flexibility index (Phi) is 7.57. The van der Waals surface area contributed by atoms with Crippen LogP contribution >= 0.6 is 6.72 Å². The lowest BCUT2D eigenvalue weighted by molar-refractivity contribution is -0.0583. The molecule has 7 N–H and O–H groups in total. The summed E-state index contributed by atoms with van der Waals surface area (Å²) in [6, 6.07) is 0. The van der Waals surface area contributed by atoms with Gasteiger partial charge in [0.15, 0.2) is 29.2 Å². The number of rotatable bonds is 9. The van der Waals surface area contributed by atoms with Crippen molar-refractivity contribution >= 4 is 52.5 Å². The van der Waals surface area contributed by atoms with Gasteiger partial charge >= 0.3 is 6.72 Å². The highest BCUT2D eigenvalue weighted by atomic mass is 32.5. The minimum absolute atomic E-state index is 0.184. The van der Waals surface area contributed by atoms with Crippen LogP contribution in [-0.4, -0.2) is 105 Å². The van der Waals surface area contributed by atoms with E-state index in [1.165, 1.54) is 32.4 Å². The fourth-order valence-electron chi connectivity index (χ4n) is 4.98. The summed E-state index contributed by atoms with van der Waals surface area (Å²) in [4.78, 5) is 35.7. The molecule has 20 heteroatoms. The van der Waals surface area contributed by atoms with Crippen LogP contribution in [0.5, 0.6) is 0 Å². The number of imidazole rings is 2. The number of aliphatic hydroxyl groups is 2. The van der Waals surface area contributed by atoms with Crippen LogP contribution in [0.4, 0.5) is 11.6 Å². The molecule has 41 heavy (non-hydrogen) atoms. The lowest BCUT2D eigenvalue weighted by atomic mass is 10.1. The van der Waals surface area contributed by atoms with Crippen molar-refractivity contribution in [2.45, 2.75) is 49.4 Å². The zero-order chi connectivity index (χ0) is 28.9. The number of aromatic nitrogens is 8. The second-order valence-corrected chi connectivity index (χ2v) is 12.2. The average molecular weight is 611 g/mol. The number of fused-ring (bicyclic) bond motifs is 2. The molecular weight excluding hydrogens is 583 g/mol. The largest absolute Gasteiger partial charge is 0.394 e. The van der Waals surface area contributed by atoms with E-state index >= 15 is 0 Å². The lowest BCUT2D eigenvalue weighted by Crippen LogP contribution is -2.37. The van der Waals surface area contributed by atoms with Gasteiger partial charge in [-0.1, -0.05) is 0 Å². The van der Waals surface area contributed by atoms with Crippen LogP contribution in [0.1, 0.15) is 18.9 Å². The van der Waals surface area contributed by atoms with Crippen molar-refractivity contribution in [3.63, 3.8) is 0 Å². The van der Waals surface area contributed by atoms with Gasteiger partial charge in [-0.3, -0.25) is 13.7 Å². The molecule has 4 aromatic heterocycles. The number of nitrogens with zero attached hydrogens (tertiary/aromatic N) is 8. The van der Waals surface area contributed by atoms with Gasteiger partial charge in [0.05, 0.1) is 32.0 Å². The number of ether oxygens (including phenoxy) is 3. The summed E-state index contributed by atoms with van der Waals surface area (Å²) in [6.45, 7) is -4.72. The van der Waals surface area contributed by atoms with Crippen molar-refractivity contribution in [3.05, 3.63) is 25.3 Å². The summed E-state index contributed by atoms with van der Waals surface area (Å²) in [7, 11) is 1.42. The summed E-state index contributed by atoms with van der Waals surface area (Å²) < 4.78 is 32.2. The first kappa shape index (κ1) is 28.2. The molecular formula is C21H27N10O8PS. The van der Waals surface area contributed by atoms with Gasteiger partial charge in [0, 0.05) is 13.5 Å². The van der Waals surface area contributed by atoms with E-state index in [1.54, 1.807) is 9.13 Å². The third kappa shape index (κ3) is 5.14. The van der Waals surface area contributed by atoms with Gasteiger partial charge in [-0.05, 0) is 11.8 Å². The van der Waals surface area contributed by atoms with E-state index in [0.717, 1.165) is 0 Å². The molecule has 4 aromatic rings. The molecule has 2 aliphatic heterocycles. The Hall–Kier alpha value is -2.97. The van der Waals surface area contributed by atoms with Gasteiger partial charge in [-0.2, -0.15) is 0 Å². The standard InChI is InChI=1S/C21H27N10O8PS/c1-35-16-15(10(3-32)38-21(16)31-8-29-14-18(23)25-6-27-20(14)31)39-40(34,41)36-4-11-9(33)2-12(37-11)30-7-28-13-17(22)24-5-26-19(13)30/h5-12,15-16,21,32-33H,2-4H2,1H3,(H,34,41)(H2,22,24,26)(H2,23,25,27)/t9-,10+,11+,12+,15+,16+,21+,40?/m0/s1. The first-order chi connectivity index (χ1) is 19.7. The van der Waals surface area contributed by atoms with E-state index in [-0.39, 0.29) is 24.7 Å². The number of hydrogen-bond acceptors (Lipinski definition) is 16. The Balaban J connectivity index is 1.14. The highest BCUT2D eigenvalue weighted by Gasteiger charge is 2.49. The van der Waals surface area contributed by atoms with E-state index in [1.807, 2.05) is 0 Å². The van der Waals surface area contributed by atoms with Crippen molar-refractivity contribution < 1.29 is 38.4 Å². The molecule has 1 unspecified atom stereocenters. The number of aliphatic hydroxyl groups excluding tert-OH is 2. The maximum atomic E-state index is 10.9. The summed E-state index contributed by atoms with van der Waals surface area (Å²) >= 11 is 5.26. The lowest BCUT2D eigenvalue weighted by Gasteiger charge is -2.27. The topological polar surface area (TPSA) is 246 Å². The van der Waals surface area contributed by atoms with E-state index in [9.17, 15) is 15.1 Å². The van der Waals surface area contributed by atoms with Crippen LogP contribution in [0.3, 0.4) is 0 Å². The SMILES string of the molecule is CO[C@@H]1[C@H](OP(O)(=S)OC[C@H]2O[C@@H](n3cnc4c(N)ncnc43)C[C@@H]2O)[C@@H](CO)O[C@H]1n1cnc2c(N)ncnc21. The summed E-state index contributed by atoms with van der Waals surface area (Å²) in [6.07, 6.45) is -0.389. The molecule has 0 aliphatic carbocycles. The maximum Gasteiger partial charge on any atom is 0.325 e. The van der Waals surface area contributed by atoms with Gasteiger partial charge in [0.1, 0.15) is 54.3 Å². The number of nitrogens with two attached hydrogens (primary N) is 2. The van der Waals surface area contributed by atoms with Crippen molar-refractivity contribution in [3.8, 4) is 0 Å². The van der Waals surface area contributed by atoms with Crippen LogP contribution in [0, 0.1) is 0 Å². The fourth-order valence-corrected chi connectivity index (χ4v) is 6.42. The Morgan fingerprint density at radius 1 is 0.976 bits per heavy atom. The summed E-state index contributed by atoms with van der Waals surface area (Å²) in [5.41, 5.74) is 13.3. The van der Waals surface area contributed by atoms with Crippen molar-refractivity contribution in [2.24, 2.45) is 0 Å². The Bertz CT molecular complexity index is 1610. The molecule has 0 saturated carbocycles. The predicted octanol–water partition coefficient (Wildman–Crippen LogP) is -0.998. The molecule has 6 rings (SSSR count). The molecule has 18 nitrogen and oxygen atoms in total. The number of anilines is 2. The van der Waals surface area contributed by atoms with Gasteiger partial charge in [-0.15, -0.1) is 0 Å². The smallest absolute Gasteiger partial charge is 0.325 e. The van der Waals surface area contributed by atoms with Crippen LogP contribution in [0.2, 0.25) is 0 Å². The predicted molar refractivity (Wildman–Crippen MR) is 143 cm³/mol. The molecule has 0 bridgehead atoms. The molecule has 0 amide bonds. The Morgan fingerprint density at radius 3 is 2.24 bits per heavy atom. The van der Waals surface area contributed by atoms with Gasteiger partial charge in [0.25, 0.3) is 0 Å². The monoisotopic (exact) mass is 610 g/mol. The third-order valence-electron chi connectivity index (χ3n) is 6.96. The highest BCUT2D eigenvalue weighted by molar-refractivity contribution is 8.07. The number of nitrogen functional groups attached to an aromatic ring is 2. The molecule has 220 valence electrons. The zero-order valence-electron chi connectivity index (χ0n) is 21.4. The van der Waals surface area contributed by atoms with Crippen molar-refractivity contribution in [2.75, 3.05) is 31.8 Å². The molecule has 2 aliphatic rings. The van der Waals surface area contributed by atoms with Gasteiger partial charge < -0.3 is 45.3 Å². The average Bonchev–Trinajstić information content (AvgIpc) is 3.72. The summed E-state index contributed by atoms with van der Waals surface area (Å²) in [5.74, 6) is 0.404. The first-order valence-electron chi connectivity index (χ1n) is 12.3. The molecule has 2 fully saturated rings. The zero-order valence-corrected chi connectivity index (χ0v) is 23.2. The molecule has 0 radical (unpaired) electrons.